The summed E-state index contributed by atoms with van der Waals surface area (Å²) in [5, 5.41) is 9.09. The fourth-order valence-electron chi connectivity index (χ4n) is 2.37. The number of carbonyl (C=O) groups excluding carboxylic acids is 1. The van der Waals surface area contributed by atoms with Crippen molar-refractivity contribution in [1.82, 2.24) is 4.90 Å². The molecule has 3 N–H and O–H groups in total. The molecule has 5 nitrogen and oxygen atoms in total. The number of aliphatic hydroxyl groups is 1. The highest BCUT2D eigenvalue weighted by Gasteiger charge is 2.23. The van der Waals surface area contributed by atoms with E-state index in [0.29, 0.717) is 36.0 Å². The lowest BCUT2D eigenvalue weighted by Gasteiger charge is -2.31. The summed E-state index contributed by atoms with van der Waals surface area (Å²) >= 11 is 0. The van der Waals surface area contributed by atoms with Crippen molar-refractivity contribution < 1.29 is 14.6 Å². The van der Waals surface area contributed by atoms with Crippen molar-refractivity contribution in [2.24, 2.45) is 5.92 Å². The largest absolute Gasteiger partial charge is 0.495 e. The summed E-state index contributed by atoms with van der Waals surface area (Å²) in [5.41, 5.74) is 6.87. The number of hydrogen-bond acceptors (Lipinski definition) is 4. The van der Waals surface area contributed by atoms with Crippen LogP contribution in [0.4, 0.5) is 5.69 Å². The van der Waals surface area contributed by atoms with Gasteiger partial charge in [0.2, 0.25) is 0 Å². The van der Waals surface area contributed by atoms with Crippen molar-refractivity contribution in [3.8, 4) is 5.75 Å². The first-order valence-electron chi connectivity index (χ1n) is 6.49. The molecular weight excluding hydrogens is 244 g/mol. The second-order valence-corrected chi connectivity index (χ2v) is 4.87. The number of benzene rings is 1. The molecule has 0 unspecified atom stereocenters. The minimum absolute atomic E-state index is 0.00857. The summed E-state index contributed by atoms with van der Waals surface area (Å²) in [6, 6.07) is 5.10. The SMILES string of the molecule is COc1ccc(C(=O)N2CCC(CO)CC2)cc1N. The summed E-state index contributed by atoms with van der Waals surface area (Å²) in [5.74, 6) is 0.895. The number of amides is 1. The lowest BCUT2D eigenvalue weighted by molar-refractivity contribution is 0.0651. The molecule has 1 fully saturated rings. The number of methoxy groups -OCH3 is 1. The Hall–Kier alpha value is -1.75. The molecule has 19 heavy (non-hydrogen) atoms. The number of carbonyl (C=O) groups is 1. The van der Waals surface area contributed by atoms with Crippen LogP contribution in [0.15, 0.2) is 18.2 Å². The topological polar surface area (TPSA) is 75.8 Å². The van der Waals surface area contributed by atoms with E-state index in [9.17, 15) is 4.79 Å². The molecule has 1 aromatic carbocycles. The van der Waals surface area contributed by atoms with Gasteiger partial charge in [-0.15, -0.1) is 0 Å². The van der Waals surface area contributed by atoms with Crippen LogP contribution in [0.1, 0.15) is 23.2 Å². The van der Waals surface area contributed by atoms with Gasteiger partial charge in [-0.3, -0.25) is 4.79 Å². The molecule has 2 rings (SSSR count). The molecule has 1 aliphatic rings. The molecule has 5 heteroatoms. The third-order valence-electron chi connectivity index (χ3n) is 3.64. The molecule has 1 aromatic rings. The Labute approximate surface area is 113 Å². The van der Waals surface area contributed by atoms with Crippen LogP contribution in [0.3, 0.4) is 0 Å². The predicted molar refractivity (Wildman–Crippen MR) is 73.1 cm³/mol. The van der Waals surface area contributed by atoms with Gasteiger partial charge in [0.05, 0.1) is 12.8 Å². The van der Waals surface area contributed by atoms with Crippen molar-refractivity contribution >= 4 is 11.6 Å². The molecule has 0 spiro atoms. The maximum absolute atomic E-state index is 12.3. The first kappa shape index (κ1) is 13.7. The van der Waals surface area contributed by atoms with Crippen LogP contribution in [-0.2, 0) is 0 Å². The summed E-state index contributed by atoms with van der Waals surface area (Å²) in [4.78, 5) is 14.1. The van der Waals surface area contributed by atoms with E-state index in [1.54, 1.807) is 25.3 Å². The van der Waals surface area contributed by atoms with Gasteiger partial charge >= 0.3 is 0 Å². The smallest absolute Gasteiger partial charge is 0.253 e. The number of nitrogens with two attached hydrogens (primary N) is 1. The van der Waals surface area contributed by atoms with Gasteiger partial charge in [0.25, 0.3) is 5.91 Å². The van der Waals surface area contributed by atoms with Crippen molar-refractivity contribution in [3.63, 3.8) is 0 Å². The van der Waals surface area contributed by atoms with Crippen molar-refractivity contribution in [2.75, 3.05) is 32.5 Å². The number of likely N-dealkylation sites (tertiary alicyclic amines) is 1. The minimum atomic E-state index is -0.00857. The number of rotatable bonds is 3. The Kier molecular flexibility index (Phi) is 4.27. The summed E-state index contributed by atoms with van der Waals surface area (Å²) < 4.78 is 5.08. The molecule has 1 saturated heterocycles. The first-order chi connectivity index (χ1) is 9.15. The van der Waals surface area contributed by atoms with Crippen molar-refractivity contribution in [3.05, 3.63) is 23.8 Å². The van der Waals surface area contributed by atoms with Crippen LogP contribution in [0, 0.1) is 5.92 Å². The third kappa shape index (κ3) is 2.98. The second-order valence-electron chi connectivity index (χ2n) is 4.87. The summed E-state index contributed by atoms with van der Waals surface area (Å²) in [6.45, 7) is 1.59. The van der Waals surface area contributed by atoms with E-state index in [0.717, 1.165) is 12.8 Å². The van der Waals surface area contributed by atoms with E-state index in [-0.39, 0.29) is 12.5 Å². The van der Waals surface area contributed by atoms with Gasteiger partial charge in [0.15, 0.2) is 0 Å². The van der Waals surface area contributed by atoms with E-state index < -0.39 is 0 Å². The number of nitrogens with zero attached hydrogens (tertiary/aromatic N) is 1. The standard InChI is InChI=1S/C14H20N2O3/c1-19-13-3-2-11(8-12(13)15)14(18)16-6-4-10(9-17)5-7-16/h2-3,8,10,17H,4-7,9,15H2,1H3. The van der Waals surface area contributed by atoms with Gasteiger partial charge in [0, 0.05) is 25.3 Å². The Bertz CT molecular complexity index is 454. The van der Waals surface area contributed by atoms with E-state index in [1.165, 1.54) is 0 Å². The molecule has 0 aliphatic carbocycles. The zero-order valence-electron chi connectivity index (χ0n) is 11.1. The zero-order valence-corrected chi connectivity index (χ0v) is 11.1. The van der Waals surface area contributed by atoms with Crippen LogP contribution in [0.5, 0.6) is 5.75 Å². The van der Waals surface area contributed by atoms with Gasteiger partial charge in [0.1, 0.15) is 5.75 Å². The number of ether oxygens (including phenoxy) is 1. The molecular formula is C14H20N2O3. The molecule has 1 amide bonds. The van der Waals surface area contributed by atoms with Gasteiger partial charge in [-0.25, -0.2) is 0 Å². The minimum Gasteiger partial charge on any atom is -0.495 e. The van der Waals surface area contributed by atoms with Crippen LogP contribution >= 0.6 is 0 Å². The quantitative estimate of drug-likeness (QED) is 0.802. The maximum Gasteiger partial charge on any atom is 0.253 e. The van der Waals surface area contributed by atoms with E-state index in [1.807, 2.05) is 4.90 Å². The van der Waals surface area contributed by atoms with Crippen LogP contribution in [0.2, 0.25) is 0 Å². The van der Waals surface area contributed by atoms with Crippen LogP contribution < -0.4 is 10.5 Å². The van der Waals surface area contributed by atoms with Crippen molar-refractivity contribution in [1.29, 1.82) is 0 Å². The number of anilines is 1. The van der Waals surface area contributed by atoms with Crippen LogP contribution in [0.25, 0.3) is 0 Å². The Morgan fingerprint density at radius 2 is 2.16 bits per heavy atom. The third-order valence-corrected chi connectivity index (χ3v) is 3.64. The highest BCUT2D eigenvalue weighted by atomic mass is 16.5. The monoisotopic (exact) mass is 264 g/mol. The average Bonchev–Trinajstić information content (AvgIpc) is 2.46. The highest BCUT2D eigenvalue weighted by molar-refractivity contribution is 5.95. The predicted octanol–water partition coefficient (Wildman–Crippen LogP) is 1.12. The molecule has 0 aromatic heterocycles. The Morgan fingerprint density at radius 3 is 2.68 bits per heavy atom. The molecule has 104 valence electrons. The van der Waals surface area contributed by atoms with Gasteiger partial charge < -0.3 is 20.5 Å². The molecule has 0 saturated carbocycles. The highest BCUT2D eigenvalue weighted by Crippen LogP contribution is 2.24. The van der Waals surface area contributed by atoms with Gasteiger partial charge in [-0.05, 0) is 37.0 Å². The molecule has 0 bridgehead atoms. The molecule has 0 radical (unpaired) electrons. The number of nitrogen functional groups attached to an aromatic ring is 1. The zero-order chi connectivity index (χ0) is 13.8. The molecule has 1 heterocycles. The lowest BCUT2D eigenvalue weighted by atomic mass is 9.97. The fourth-order valence-corrected chi connectivity index (χ4v) is 2.37. The Morgan fingerprint density at radius 1 is 1.47 bits per heavy atom. The van der Waals surface area contributed by atoms with E-state index >= 15 is 0 Å². The van der Waals surface area contributed by atoms with E-state index in [2.05, 4.69) is 0 Å². The van der Waals surface area contributed by atoms with Crippen LogP contribution in [-0.4, -0.2) is 42.7 Å². The lowest BCUT2D eigenvalue weighted by Crippen LogP contribution is -2.39. The number of hydrogen-bond donors (Lipinski definition) is 2. The van der Waals surface area contributed by atoms with Gasteiger partial charge in [-0.1, -0.05) is 0 Å². The summed E-state index contributed by atoms with van der Waals surface area (Å²) in [6.07, 6.45) is 1.71. The van der Waals surface area contributed by atoms with Gasteiger partial charge in [-0.2, -0.15) is 0 Å². The average molecular weight is 264 g/mol. The second kappa shape index (κ2) is 5.93. The Balaban J connectivity index is 2.06. The summed E-state index contributed by atoms with van der Waals surface area (Å²) in [7, 11) is 1.55. The maximum atomic E-state index is 12.3. The van der Waals surface area contributed by atoms with E-state index in [4.69, 9.17) is 15.6 Å². The molecule has 0 atom stereocenters. The fraction of sp³-hybridized carbons (Fsp3) is 0.500. The van der Waals surface area contributed by atoms with Crippen molar-refractivity contribution in [2.45, 2.75) is 12.8 Å². The normalized spacial score (nSPS) is 16.4. The molecule has 1 aliphatic heterocycles. The number of piperidine rings is 1. The number of aliphatic hydroxyl groups excluding tert-OH is 1. The first-order valence-corrected chi connectivity index (χ1v) is 6.49.